The zero-order chi connectivity index (χ0) is 27.0. The lowest BCUT2D eigenvalue weighted by atomic mass is 9.87. The summed E-state index contributed by atoms with van der Waals surface area (Å²) < 4.78 is 19.2. The van der Waals surface area contributed by atoms with Crippen LogP contribution in [0.15, 0.2) is 65.7 Å². The summed E-state index contributed by atoms with van der Waals surface area (Å²) in [6.07, 6.45) is 2.94. The fourth-order valence-electron chi connectivity index (χ4n) is 6.39. The summed E-state index contributed by atoms with van der Waals surface area (Å²) in [7, 11) is 2.13. The summed E-state index contributed by atoms with van der Waals surface area (Å²) in [5.74, 6) is 3.49. The summed E-state index contributed by atoms with van der Waals surface area (Å²) in [5.41, 5.74) is 7.39. The van der Waals surface area contributed by atoms with Crippen molar-refractivity contribution < 1.29 is 24.4 Å². The van der Waals surface area contributed by atoms with Gasteiger partial charge in [0.1, 0.15) is 5.75 Å². The molecule has 0 fully saturated rings. The van der Waals surface area contributed by atoms with Crippen LogP contribution in [-0.2, 0) is 25.7 Å². The molecule has 200 valence electrons. The quantitative estimate of drug-likeness (QED) is 0.238. The number of phenolic OH excluding ortho intramolecular Hbond substituents is 2. The van der Waals surface area contributed by atoms with E-state index >= 15 is 0 Å². The predicted octanol–water partition coefficient (Wildman–Crippen LogP) is 6.46. The zero-order valence-electron chi connectivity index (χ0n) is 22.1. The molecule has 2 N–H and O–H groups in total. The number of ether oxygens (including phenoxy) is 3. The van der Waals surface area contributed by atoms with E-state index < -0.39 is 0 Å². The Bertz CT molecular complexity index is 1730. The number of hydrogen-bond donors (Lipinski definition) is 2. The normalized spacial score (nSPS) is 18.6. The molecule has 0 saturated carbocycles. The van der Waals surface area contributed by atoms with Crippen LogP contribution in [0.2, 0.25) is 0 Å². The molecule has 7 bridgehead atoms. The van der Waals surface area contributed by atoms with E-state index in [4.69, 9.17) is 19.2 Å². The van der Waals surface area contributed by atoms with Crippen molar-refractivity contribution in [2.24, 2.45) is 4.99 Å². The van der Waals surface area contributed by atoms with Crippen LogP contribution in [0.1, 0.15) is 39.4 Å². The highest BCUT2D eigenvalue weighted by molar-refractivity contribution is 6.04. The Hall–Kier alpha value is -4.49. The Kier molecular flexibility index (Phi) is 5.13. The number of hydrogen-bond acceptors (Lipinski definition) is 7. The van der Waals surface area contributed by atoms with E-state index in [1.165, 1.54) is 0 Å². The number of nitrogens with zero attached hydrogens (tertiary/aromatic N) is 2. The molecule has 1 unspecified atom stereocenters. The molecule has 40 heavy (non-hydrogen) atoms. The Balaban J connectivity index is 1.33. The maximum absolute atomic E-state index is 11.0. The van der Waals surface area contributed by atoms with Crippen LogP contribution < -0.4 is 14.2 Å². The third-order valence-corrected chi connectivity index (χ3v) is 8.50. The number of fused-ring (bicyclic) bond motifs is 2. The van der Waals surface area contributed by atoms with Crippen LogP contribution in [0.3, 0.4) is 0 Å². The molecule has 4 aromatic rings. The minimum absolute atomic E-state index is 0.0318. The van der Waals surface area contributed by atoms with Gasteiger partial charge in [-0.3, -0.25) is 9.89 Å². The highest BCUT2D eigenvalue weighted by Gasteiger charge is 2.36. The van der Waals surface area contributed by atoms with Crippen molar-refractivity contribution in [2.45, 2.75) is 31.7 Å². The lowest BCUT2D eigenvalue weighted by Crippen LogP contribution is -2.34. The van der Waals surface area contributed by atoms with Crippen LogP contribution in [0.25, 0.3) is 0 Å². The second-order valence-electron chi connectivity index (χ2n) is 11.0. The molecule has 5 aliphatic rings. The Labute approximate surface area is 231 Å². The summed E-state index contributed by atoms with van der Waals surface area (Å²) in [6.45, 7) is 1.55. The molecule has 9 rings (SSSR count). The first-order valence-electron chi connectivity index (χ1n) is 13.7. The van der Waals surface area contributed by atoms with Crippen LogP contribution >= 0.6 is 0 Å². The summed E-state index contributed by atoms with van der Waals surface area (Å²) >= 11 is 0. The molecule has 7 heteroatoms. The second kappa shape index (κ2) is 8.76. The molecular weight excluding hydrogens is 504 g/mol. The highest BCUT2D eigenvalue weighted by Crippen LogP contribution is 2.55. The van der Waals surface area contributed by atoms with E-state index in [0.717, 1.165) is 64.9 Å². The van der Waals surface area contributed by atoms with E-state index in [0.29, 0.717) is 47.5 Å². The Morgan fingerprint density at radius 2 is 1.57 bits per heavy atom. The lowest BCUT2D eigenvalue weighted by Gasteiger charge is -2.37. The number of phenols is 2. The van der Waals surface area contributed by atoms with Gasteiger partial charge in [-0.1, -0.05) is 18.2 Å². The average Bonchev–Trinajstić information content (AvgIpc) is 2.95. The van der Waals surface area contributed by atoms with Gasteiger partial charge in [0.25, 0.3) is 0 Å². The van der Waals surface area contributed by atoms with Crippen molar-refractivity contribution in [3.8, 4) is 46.0 Å². The summed E-state index contributed by atoms with van der Waals surface area (Å²) in [6, 6.07) is 19.4. The molecule has 0 aromatic heterocycles. The first-order valence-corrected chi connectivity index (χ1v) is 13.7. The minimum atomic E-state index is 0.0318. The molecule has 5 heterocycles. The van der Waals surface area contributed by atoms with Gasteiger partial charge in [0.05, 0.1) is 0 Å². The van der Waals surface area contributed by atoms with Gasteiger partial charge in [0.15, 0.2) is 34.5 Å². The van der Waals surface area contributed by atoms with Crippen molar-refractivity contribution in [1.29, 1.82) is 0 Å². The van der Waals surface area contributed by atoms with Crippen LogP contribution in [-0.4, -0.2) is 41.0 Å². The van der Waals surface area contributed by atoms with Crippen molar-refractivity contribution >= 4 is 5.71 Å². The maximum atomic E-state index is 11.0. The molecule has 5 aliphatic heterocycles. The molecule has 0 aliphatic carbocycles. The molecule has 0 radical (unpaired) electrons. The zero-order valence-corrected chi connectivity index (χ0v) is 22.1. The highest BCUT2D eigenvalue weighted by atomic mass is 16.6. The third-order valence-electron chi connectivity index (χ3n) is 8.50. The fraction of sp³-hybridized carbons (Fsp3) is 0.242. The van der Waals surface area contributed by atoms with Crippen molar-refractivity contribution in [3.63, 3.8) is 0 Å². The number of rotatable bonds is 0. The van der Waals surface area contributed by atoms with Gasteiger partial charge in [-0.05, 0) is 91.0 Å². The summed E-state index contributed by atoms with van der Waals surface area (Å²) in [4.78, 5) is 7.22. The van der Waals surface area contributed by atoms with Crippen LogP contribution in [0.5, 0.6) is 46.0 Å². The van der Waals surface area contributed by atoms with Gasteiger partial charge < -0.3 is 24.4 Å². The first kappa shape index (κ1) is 23.4. The van der Waals surface area contributed by atoms with Gasteiger partial charge >= 0.3 is 0 Å². The van der Waals surface area contributed by atoms with E-state index in [-0.39, 0.29) is 17.5 Å². The standard InChI is InChI=1S/C33H28N2O5/c1-35-11-9-21-15-27(37)32-33-31(21)25(35)13-18-2-5-22(6-3-18)38-28-14-19(4-7-26(28)36)12-24-23-17-30(40-33)29(39-32)16-20(23)8-10-34-24/h2-7,14-17,25,36-37H,8-13H2,1H3. The first-order chi connectivity index (χ1) is 19.5. The molecule has 7 nitrogen and oxygen atoms in total. The Morgan fingerprint density at radius 1 is 0.775 bits per heavy atom. The van der Waals surface area contributed by atoms with E-state index in [1.807, 2.05) is 42.5 Å². The fourth-order valence-corrected chi connectivity index (χ4v) is 6.39. The SMILES string of the molecule is CN1CCc2cc(O)c3c4c2C1Cc1ccc(cc1)Oc1cc(ccc1O)CC1=NCCc2cc(c(cc21)O4)O3. The predicted molar refractivity (Wildman–Crippen MR) is 151 cm³/mol. The average molecular weight is 533 g/mol. The number of aliphatic imine (C=N–C) groups is 1. The van der Waals surface area contributed by atoms with Crippen molar-refractivity contribution in [2.75, 3.05) is 20.1 Å². The van der Waals surface area contributed by atoms with Gasteiger partial charge in [0, 0.05) is 42.4 Å². The second-order valence-corrected chi connectivity index (χ2v) is 11.0. The third kappa shape index (κ3) is 3.72. The molecule has 4 aromatic carbocycles. The number of aromatic hydroxyl groups is 2. The minimum Gasteiger partial charge on any atom is -0.504 e. The van der Waals surface area contributed by atoms with E-state index in [9.17, 15) is 10.2 Å². The molecule has 1 atom stereocenters. The van der Waals surface area contributed by atoms with Gasteiger partial charge in [-0.25, -0.2) is 0 Å². The molecule has 0 spiro atoms. The number of benzene rings is 4. The van der Waals surface area contributed by atoms with Crippen molar-refractivity contribution in [3.05, 3.63) is 94.0 Å². The smallest absolute Gasteiger partial charge is 0.212 e. The largest absolute Gasteiger partial charge is 0.504 e. The topological polar surface area (TPSA) is 83.8 Å². The van der Waals surface area contributed by atoms with Crippen LogP contribution in [0.4, 0.5) is 0 Å². The monoisotopic (exact) mass is 532 g/mol. The van der Waals surface area contributed by atoms with Gasteiger partial charge in [0.2, 0.25) is 5.75 Å². The van der Waals surface area contributed by atoms with Gasteiger partial charge in [-0.15, -0.1) is 0 Å². The summed E-state index contributed by atoms with van der Waals surface area (Å²) in [5, 5.41) is 21.6. The molecule has 0 saturated heterocycles. The van der Waals surface area contributed by atoms with Gasteiger partial charge in [-0.2, -0.15) is 0 Å². The van der Waals surface area contributed by atoms with Crippen molar-refractivity contribution in [1.82, 2.24) is 4.90 Å². The lowest BCUT2D eigenvalue weighted by molar-refractivity contribution is 0.220. The number of likely N-dealkylation sites (N-methyl/N-ethyl adjacent to an activating group) is 1. The molecular formula is C33H28N2O5. The van der Waals surface area contributed by atoms with E-state index in [2.05, 4.69) is 24.1 Å². The van der Waals surface area contributed by atoms with E-state index in [1.54, 1.807) is 6.07 Å². The molecule has 0 amide bonds. The maximum Gasteiger partial charge on any atom is 0.212 e. The Morgan fingerprint density at radius 3 is 2.45 bits per heavy atom. The van der Waals surface area contributed by atoms with Crippen LogP contribution in [0, 0.1) is 0 Å².